The maximum absolute atomic E-state index is 13.1. The maximum atomic E-state index is 13.1. The Balaban J connectivity index is 2.47. The van der Waals surface area contributed by atoms with Gasteiger partial charge in [-0.2, -0.15) is 5.26 Å². The van der Waals surface area contributed by atoms with Gasteiger partial charge in [-0.25, -0.2) is 14.4 Å². The summed E-state index contributed by atoms with van der Waals surface area (Å²) in [6.45, 7) is 0. The van der Waals surface area contributed by atoms with Crippen molar-refractivity contribution in [2.24, 2.45) is 5.73 Å². The minimum atomic E-state index is -1.03. The van der Waals surface area contributed by atoms with Gasteiger partial charge in [0.05, 0.1) is 62.8 Å². The van der Waals surface area contributed by atoms with Gasteiger partial charge < -0.3 is 24.7 Å². The van der Waals surface area contributed by atoms with Crippen LogP contribution in [0.1, 0.15) is 21.8 Å². The Morgan fingerprint density at radius 3 is 2.09 bits per heavy atom. The molecule has 0 spiro atoms. The van der Waals surface area contributed by atoms with Crippen molar-refractivity contribution in [2.75, 3.05) is 33.3 Å². The molecule has 3 rings (SSSR count). The van der Waals surface area contributed by atoms with Crippen molar-refractivity contribution in [2.45, 2.75) is 5.92 Å². The monoisotopic (exact) mass is 477 g/mol. The molecule has 35 heavy (non-hydrogen) atoms. The topological polar surface area (TPSA) is 141 Å². The molecule has 10 heteroatoms. The second kappa shape index (κ2) is 10.4. The number of benzene rings is 2. The van der Waals surface area contributed by atoms with Crippen molar-refractivity contribution < 1.29 is 33.3 Å². The maximum Gasteiger partial charge on any atom is 0.355 e. The van der Waals surface area contributed by atoms with Gasteiger partial charge in [0.2, 0.25) is 0 Å². The van der Waals surface area contributed by atoms with Crippen LogP contribution < -0.4 is 15.4 Å². The first kappa shape index (κ1) is 24.9. The zero-order valence-corrected chi connectivity index (χ0v) is 19.5. The normalized spacial score (nSPS) is 15.3. The number of hydrogen-bond acceptors (Lipinski definition) is 10. The number of allylic oxidation sites excluding steroid dienone is 1. The molecule has 0 aliphatic carbocycles. The molecular formula is C25H23N3O7. The van der Waals surface area contributed by atoms with E-state index in [2.05, 4.69) is 6.07 Å². The molecule has 10 nitrogen and oxygen atoms in total. The van der Waals surface area contributed by atoms with Crippen molar-refractivity contribution in [1.29, 1.82) is 5.26 Å². The average molecular weight is 477 g/mol. The molecule has 2 N–H and O–H groups in total. The van der Waals surface area contributed by atoms with E-state index in [1.807, 2.05) is 0 Å². The van der Waals surface area contributed by atoms with E-state index in [-0.39, 0.29) is 33.9 Å². The van der Waals surface area contributed by atoms with E-state index in [0.29, 0.717) is 11.3 Å². The summed E-state index contributed by atoms with van der Waals surface area (Å²) < 4.78 is 20.1. The SMILES string of the molecule is COC(=O)C1=C(C(=O)OC)N(c2ccc(OC)cc2C(=O)OC)C(N)=C(C#N)C1c1ccccc1. The molecule has 0 fully saturated rings. The molecule has 0 aromatic heterocycles. The Morgan fingerprint density at radius 2 is 1.54 bits per heavy atom. The summed E-state index contributed by atoms with van der Waals surface area (Å²) in [5.41, 5.74) is 6.51. The summed E-state index contributed by atoms with van der Waals surface area (Å²) in [5.74, 6) is -3.45. The van der Waals surface area contributed by atoms with Crippen LogP contribution in [0, 0.1) is 11.3 Å². The van der Waals surface area contributed by atoms with Crippen LogP contribution in [0.5, 0.6) is 5.75 Å². The third-order valence-corrected chi connectivity index (χ3v) is 5.46. The van der Waals surface area contributed by atoms with Crippen LogP contribution in [0.2, 0.25) is 0 Å². The van der Waals surface area contributed by atoms with Gasteiger partial charge in [0, 0.05) is 0 Å². The van der Waals surface area contributed by atoms with E-state index in [1.165, 1.54) is 32.4 Å². The lowest BCUT2D eigenvalue weighted by molar-refractivity contribution is -0.139. The van der Waals surface area contributed by atoms with Crippen molar-refractivity contribution in [3.63, 3.8) is 0 Å². The second-order valence-electron chi connectivity index (χ2n) is 7.21. The highest BCUT2D eigenvalue weighted by Gasteiger charge is 2.43. The quantitative estimate of drug-likeness (QED) is 0.487. The number of nitrogens with two attached hydrogens (primary N) is 1. The number of hydrogen-bond donors (Lipinski definition) is 1. The second-order valence-corrected chi connectivity index (χ2v) is 7.21. The highest BCUT2D eigenvalue weighted by molar-refractivity contribution is 6.08. The Morgan fingerprint density at radius 1 is 0.914 bits per heavy atom. The molecule has 1 atom stereocenters. The van der Waals surface area contributed by atoms with Gasteiger partial charge in [0.1, 0.15) is 17.3 Å². The first-order valence-corrected chi connectivity index (χ1v) is 10.3. The fraction of sp³-hybridized carbons (Fsp3) is 0.200. The zero-order chi connectivity index (χ0) is 25.7. The minimum Gasteiger partial charge on any atom is -0.497 e. The van der Waals surface area contributed by atoms with E-state index in [4.69, 9.17) is 24.7 Å². The molecule has 1 heterocycles. The first-order chi connectivity index (χ1) is 16.8. The van der Waals surface area contributed by atoms with Gasteiger partial charge in [-0.15, -0.1) is 0 Å². The number of nitrogens with zero attached hydrogens (tertiary/aromatic N) is 2. The molecule has 0 amide bonds. The summed E-state index contributed by atoms with van der Waals surface area (Å²) in [4.78, 5) is 40.0. The summed E-state index contributed by atoms with van der Waals surface area (Å²) in [7, 11) is 4.88. The molecule has 180 valence electrons. The molecule has 1 aliphatic heterocycles. The largest absolute Gasteiger partial charge is 0.497 e. The Kier molecular flexibility index (Phi) is 7.41. The summed E-state index contributed by atoms with van der Waals surface area (Å²) in [5, 5.41) is 10.1. The van der Waals surface area contributed by atoms with E-state index < -0.39 is 23.8 Å². The number of carbonyl (C=O) groups excluding carboxylic acids is 3. The predicted octanol–water partition coefficient (Wildman–Crippen LogP) is 2.38. The molecule has 2 aromatic carbocycles. The van der Waals surface area contributed by atoms with Crippen LogP contribution in [0.15, 0.2) is 71.2 Å². The number of nitriles is 1. The number of ether oxygens (including phenoxy) is 4. The number of anilines is 1. The molecule has 0 saturated heterocycles. The first-order valence-electron chi connectivity index (χ1n) is 10.3. The third kappa shape index (κ3) is 4.39. The summed E-state index contributed by atoms with van der Waals surface area (Å²) in [6.07, 6.45) is 0. The summed E-state index contributed by atoms with van der Waals surface area (Å²) >= 11 is 0. The molecule has 0 radical (unpaired) electrons. The van der Waals surface area contributed by atoms with Crippen LogP contribution >= 0.6 is 0 Å². The lowest BCUT2D eigenvalue weighted by Crippen LogP contribution is -2.41. The average Bonchev–Trinajstić information content (AvgIpc) is 2.91. The minimum absolute atomic E-state index is 0.0316. The van der Waals surface area contributed by atoms with Gasteiger partial charge in [-0.05, 0) is 23.8 Å². The Bertz CT molecular complexity index is 1280. The fourth-order valence-electron chi connectivity index (χ4n) is 3.87. The molecule has 1 unspecified atom stereocenters. The van der Waals surface area contributed by atoms with Crippen LogP contribution in [0.4, 0.5) is 5.69 Å². The molecular weight excluding hydrogens is 454 g/mol. The lowest BCUT2D eigenvalue weighted by atomic mass is 9.80. The molecule has 2 aromatic rings. The Labute approximate surface area is 201 Å². The highest BCUT2D eigenvalue weighted by Crippen LogP contribution is 2.44. The highest BCUT2D eigenvalue weighted by atomic mass is 16.5. The molecule has 0 saturated carbocycles. The fourth-order valence-corrected chi connectivity index (χ4v) is 3.87. The van der Waals surface area contributed by atoms with Crippen molar-refractivity contribution in [1.82, 2.24) is 0 Å². The number of rotatable bonds is 6. The van der Waals surface area contributed by atoms with Crippen LogP contribution in [-0.4, -0.2) is 46.3 Å². The van der Waals surface area contributed by atoms with Crippen LogP contribution in [0.3, 0.4) is 0 Å². The van der Waals surface area contributed by atoms with Crippen LogP contribution in [-0.2, 0) is 23.8 Å². The van der Waals surface area contributed by atoms with Gasteiger partial charge in [-0.1, -0.05) is 30.3 Å². The number of esters is 3. The number of methoxy groups -OCH3 is 4. The van der Waals surface area contributed by atoms with E-state index in [1.54, 1.807) is 30.3 Å². The molecule has 1 aliphatic rings. The van der Waals surface area contributed by atoms with Gasteiger partial charge in [-0.3, -0.25) is 4.90 Å². The van der Waals surface area contributed by atoms with E-state index >= 15 is 0 Å². The third-order valence-electron chi connectivity index (χ3n) is 5.46. The van der Waals surface area contributed by atoms with Gasteiger partial charge >= 0.3 is 17.9 Å². The summed E-state index contributed by atoms with van der Waals surface area (Å²) in [6, 6.07) is 15.0. The van der Waals surface area contributed by atoms with E-state index in [0.717, 1.165) is 19.1 Å². The van der Waals surface area contributed by atoms with Crippen molar-refractivity contribution >= 4 is 23.6 Å². The smallest absolute Gasteiger partial charge is 0.355 e. The van der Waals surface area contributed by atoms with Gasteiger partial charge in [0.15, 0.2) is 0 Å². The van der Waals surface area contributed by atoms with Crippen LogP contribution in [0.25, 0.3) is 0 Å². The van der Waals surface area contributed by atoms with Crippen molar-refractivity contribution in [3.8, 4) is 11.8 Å². The van der Waals surface area contributed by atoms with Gasteiger partial charge in [0.25, 0.3) is 0 Å². The lowest BCUT2D eigenvalue weighted by Gasteiger charge is -2.36. The van der Waals surface area contributed by atoms with E-state index in [9.17, 15) is 19.6 Å². The number of carbonyl (C=O) groups is 3. The predicted molar refractivity (Wildman–Crippen MR) is 124 cm³/mol. The molecule has 0 bridgehead atoms. The van der Waals surface area contributed by atoms with Crippen molar-refractivity contribution in [3.05, 3.63) is 82.3 Å². The standard InChI is InChI=1S/C25H23N3O7/c1-32-15-10-11-18(16(12-15)23(29)33-2)28-21(25(31)35-4)20(24(30)34-3)19(17(13-26)22(28)27)14-8-6-5-7-9-14/h5-12,19H,27H2,1-4H3. The Hall–Kier alpha value is -4.78. The zero-order valence-electron chi connectivity index (χ0n) is 19.5.